The quantitative estimate of drug-likeness (QED) is 0.645. The normalized spacial score (nSPS) is 12.7. The Balaban J connectivity index is 1.62. The van der Waals surface area contributed by atoms with Crippen LogP contribution in [0.4, 0.5) is 4.39 Å². The van der Waals surface area contributed by atoms with Crippen LogP contribution in [0.1, 0.15) is 22.6 Å². The number of fused-ring (bicyclic) bond motifs is 2. The van der Waals surface area contributed by atoms with Crippen LogP contribution in [0.25, 0.3) is 0 Å². The first-order chi connectivity index (χ1) is 12.2. The van der Waals surface area contributed by atoms with E-state index in [2.05, 4.69) is 0 Å². The first-order valence-corrected chi connectivity index (χ1v) is 7.99. The third kappa shape index (κ3) is 2.98. The summed E-state index contributed by atoms with van der Waals surface area (Å²) >= 11 is 0. The lowest BCUT2D eigenvalue weighted by atomic mass is 9.88. The highest BCUT2D eigenvalue weighted by Crippen LogP contribution is 2.44. The van der Waals surface area contributed by atoms with Crippen LogP contribution in [0, 0.1) is 5.82 Å². The maximum atomic E-state index is 13.0. The summed E-state index contributed by atoms with van der Waals surface area (Å²) in [7, 11) is 0. The Bertz CT molecular complexity index is 873. The second kappa shape index (κ2) is 6.40. The monoisotopic (exact) mass is 334 g/mol. The van der Waals surface area contributed by atoms with Gasteiger partial charge in [-0.25, -0.2) is 4.39 Å². The van der Waals surface area contributed by atoms with Gasteiger partial charge in [0, 0.05) is 11.1 Å². The average molecular weight is 334 g/mol. The third-order valence-electron chi connectivity index (χ3n) is 4.21. The van der Waals surface area contributed by atoms with Crippen molar-refractivity contribution >= 4 is 5.97 Å². The Kier molecular flexibility index (Phi) is 3.94. The van der Waals surface area contributed by atoms with Crippen LogP contribution in [-0.4, -0.2) is 5.97 Å². The van der Waals surface area contributed by atoms with E-state index in [0.717, 1.165) is 16.7 Å². The molecule has 0 amide bonds. The van der Waals surface area contributed by atoms with E-state index in [4.69, 9.17) is 9.47 Å². The van der Waals surface area contributed by atoms with Gasteiger partial charge < -0.3 is 9.47 Å². The minimum atomic E-state index is -0.540. The number of carbonyl (C=O) groups is 1. The van der Waals surface area contributed by atoms with Gasteiger partial charge in [-0.05, 0) is 29.8 Å². The highest BCUT2D eigenvalue weighted by molar-refractivity contribution is 5.85. The molecule has 3 aromatic carbocycles. The van der Waals surface area contributed by atoms with Crippen molar-refractivity contribution in [3.05, 3.63) is 95.3 Å². The predicted molar refractivity (Wildman–Crippen MR) is 91.0 cm³/mol. The third-order valence-corrected chi connectivity index (χ3v) is 4.21. The topological polar surface area (TPSA) is 35.5 Å². The van der Waals surface area contributed by atoms with E-state index in [-0.39, 0.29) is 18.4 Å². The standard InChI is InChI=1S/C21H15FO3/c22-15-11-9-14(10-12-15)13-24-21(23)20-16-5-1-3-7-18(16)25-19-8-4-2-6-17(19)20/h1-12,20H,13H2. The fourth-order valence-corrected chi connectivity index (χ4v) is 2.98. The molecule has 0 N–H and O–H groups in total. The Morgan fingerprint density at radius 1 is 0.880 bits per heavy atom. The van der Waals surface area contributed by atoms with Crippen LogP contribution >= 0.6 is 0 Å². The van der Waals surface area contributed by atoms with Gasteiger partial charge in [0.2, 0.25) is 0 Å². The number of benzene rings is 3. The number of hydrogen-bond donors (Lipinski definition) is 0. The first-order valence-electron chi connectivity index (χ1n) is 7.99. The number of para-hydroxylation sites is 2. The molecule has 4 rings (SSSR count). The van der Waals surface area contributed by atoms with Gasteiger partial charge in [-0.3, -0.25) is 4.79 Å². The fraction of sp³-hybridized carbons (Fsp3) is 0.0952. The number of ether oxygens (including phenoxy) is 2. The van der Waals surface area contributed by atoms with E-state index < -0.39 is 5.92 Å². The van der Waals surface area contributed by atoms with Gasteiger partial charge >= 0.3 is 5.97 Å². The van der Waals surface area contributed by atoms with Crippen LogP contribution in [-0.2, 0) is 16.1 Å². The summed E-state index contributed by atoms with van der Waals surface area (Å²) in [6.45, 7) is 0.0980. The number of halogens is 1. The molecule has 0 saturated heterocycles. The van der Waals surface area contributed by atoms with Crippen molar-refractivity contribution in [2.24, 2.45) is 0 Å². The lowest BCUT2D eigenvalue weighted by Crippen LogP contribution is -2.21. The molecule has 1 aliphatic heterocycles. The lowest BCUT2D eigenvalue weighted by Gasteiger charge is -2.26. The molecule has 0 spiro atoms. The molecule has 1 aliphatic rings. The summed E-state index contributed by atoms with van der Waals surface area (Å²) in [6.07, 6.45) is 0. The molecule has 0 aromatic heterocycles. The van der Waals surface area contributed by atoms with Crippen molar-refractivity contribution in [3.8, 4) is 11.5 Å². The molecule has 0 aliphatic carbocycles. The molecule has 0 radical (unpaired) electrons. The number of carbonyl (C=O) groups excluding carboxylic acids is 1. The van der Waals surface area contributed by atoms with Crippen molar-refractivity contribution in [3.63, 3.8) is 0 Å². The molecule has 124 valence electrons. The summed E-state index contributed by atoms with van der Waals surface area (Å²) in [4.78, 5) is 12.8. The lowest BCUT2D eigenvalue weighted by molar-refractivity contribution is -0.145. The van der Waals surface area contributed by atoms with E-state index in [1.54, 1.807) is 12.1 Å². The van der Waals surface area contributed by atoms with Crippen molar-refractivity contribution in [1.82, 2.24) is 0 Å². The smallest absolute Gasteiger partial charge is 0.318 e. The zero-order chi connectivity index (χ0) is 17.2. The SMILES string of the molecule is O=C(OCc1ccc(F)cc1)C1c2ccccc2Oc2ccccc21. The van der Waals surface area contributed by atoms with Crippen LogP contribution < -0.4 is 4.74 Å². The van der Waals surface area contributed by atoms with Crippen LogP contribution in [0.15, 0.2) is 72.8 Å². The molecule has 3 nitrogen and oxygen atoms in total. The van der Waals surface area contributed by atoms with Gasteiger partial charge in [0.1, 0.15) is 29.8 Å². The van der Waals surface area contributed by atoms with Crippen LogP contribution in [0.2, 0.25) is 0 Å². The van der Waals surface area contributed by atoms with E-state index in [0.29, 0.717) is 11.5 Å². The molecule has 25 heavy (non-hydrogen) atoms. The molecule has 0 fully saturated rings. The van der Waals surface area contributed by atoms with Crippen molar-refractivity contribution in [2.75, 3.05) is 0 Å². The van der Waals surface area contributed by atoms with E-state index in [1.807, 2.05) is 48.5 Å². The van der Waals surface area contributed by atoms with Crippen LogP contribution in [0.3, 0.4) is 0 Å². The minimum absolute atomic E-state index is 0.0980. The molecular formula is C21H15FO3. The predicted octanol–water partition coefficient (Wildman–Crippen LogP) is 4.81. The van der Waals surface area contributed by atoms with Gasteiger partial charge in [-0.2, -0.15) is 0 Å². The Hall–Kier alpha value is -3.14. The van der Waals surface area contributed by atoms with Gasteiger partial charge in [0.25, 0.3) is 0 Å². The van der Waals surface area contributed by atoms with E-state index in [1.165, 1.54) is 12.1 Å². The Morgan fingerprint density at radius 2 is 1.44 bits per heavy atom. The van der Waals surface area contributed by atoms with E-state index >= 15 is 0 Å². The molecule has 0 bridgehead atoms. The molecule has 4 heteroatoms. The second-order valence-electron chi connectivity index (χ2n) is 5.84. The maximum Gasteiger partial charge on any atom is 0.318 e. The summed E-state index contributed by atoms with van der Waals surface area (Å²) in [5.74, 6) is 0.103. The highest BCUT2D eigenvalue weighted by atomic mass is 19.1. The van der Waals surface area contributed by atoms with E-state index in [9.17, 15) is 9.18 Å². The highest BCUT2D eigenvalue weighted by Gasteiger charge is 2.33. The summed E-state index contributed by atoms with van der Waals surface area (Å²) in [5.41, 5.74) is 2.30. The zero-order valence-electron chi connectivity index (χ0n) is 13.3. The molecule has 0 unspecified atom stereocenters. The second-order valence-corrected chi connectivity index (χ2v) is 5.84. The summed E-state index contributed by atoms with van der Waals surface area (Å²) < 4.78 is 24.4. The number of hydrogen-bond acceptors (Lipinski definition) is 3. The molecule has 3 aromatic rings. The van der Waals surface area contributed by atoms with Gasteiger partial charge in [0.15, 0.2) is 0 Å². The number of esters is 1. The van der Waals surface area contributed by atoms with Gasteiger partial charge in [-0.15, -0.1) is 0 Å². The molecular weight excluding hydrogens is 319 g/mol. The number of rotatable bonds is 3. The van der Waals surface area contributed by atoms with Gasteiger partial charge in [-0.1, -0.05) is 48.5 Å². The average Bonchev–Trinajstić information content (AvgIpc) is 2.65. The van der Waals surface area contributed by atoms with Crippen molar-refractivity contribution in [1.29, 1.82) is 0 Å². The summed E-state index contributed by atoms with van der Waals surface area (Å²) in [5, 5.41) is 0. The van der Waals surface area contributed by atoms with Crippen molar-refractivity contribution in [2.45, 2.75) is 12.5 Å². The fourth-order valence-electron chi connectivity index (χ4n) is 2.98. The maximum absolute atomic E-state index is 13.0. The summed E-state index contributed by atoms with van der Waals surface area (Å²) in [6, 6.07) is 20.8. The Labute approximate surface area is 144 Å². The first kappa shape index (κ1) is 15.4. The molecule has 0 atom stereocenters. The largest absolute Gasteiger partial charge is 0.460 e. The zero-order valence-corrected chi connectivity index (χ0v) is 13.3. The van der Waals surface area contributed by atoms with Crippen molar-refractivity contribution < 1.29 is 18.7 Å². The Morgan fingerprint density at radius 3 is 2.04 bits per heavy atom. The van der Waals surface area contributed by atoms with Crippen LogP contribution in [0.5, 0.6) is 11.5 Å². The minimum Gasteiger partial charge on any atom is -0.460 e. The molecule has 1 heterocycles. The van der Waals surface area contributed by atoms with Gasteiger partial charge in [0.05, 0.1) is 0 Å². The molecule has 0 saturated carbocycles.